The van der Waals surface area contributed by atoms with E-state index in [0.29, 0.717) is 40.3 Å². The Labute approximate surface area is 171 Å². The molecule has 0 atom stereocenters. The fraction of sp³-hybridized carbons (Fsp3) is 0.238. The molecule has 0 bridgehead atoms. The predicted molar refractivity (Wildman–Crippen MR) is 107 cm³/mol. The average molecular weight is 413 g/mol. The van der Waals surface area contributed by atoms with Crippen molar-refractivity contribution in [2.75, 3.05) is 12.5 Å². The van der Waals surface area contributed by atoms with E-state index in [1.807, 2.05) is 49.4 Å². The molecule has 0 amide bonds. The number of oxazole rings is 1. The molecule has 0 saturated carbocycles. The first-order valence-corrected chi connectivity index (χ1v) is 10.1. The molecule has 3 aromatic rings. The number of carbonyl (C=O) groups is 1. The molecule has 1 aliphatic rings. The van der Waals surface area contributed by atoms with Gasteiger partial charge in [0, 0.05) is 11.3 Å². The molecule has 0 fully saturated rings. The number of rotatable bonds is 8. The number of thioether (sulfide) groups is 1. The molecule has 150 valence electrons. The molecule has 0 unspecified atom stereocenters. The lowest BCUT2D eigenvalue weighted by molar-refractivity contribution is -0.133. The van der Waals surface area contributed by atoms with Crippen LogP contribution in [0.15, 0.2) is 46.9 Å². The van der Waals surface area contributed by atoms with Gasteiger partial charge in [-0.2, -0.15) is 0 Å². The lowest BCUT2D eigenvalue weighted by atomic mass is 10.2. The zero-order valence-corrected chi connectivity index (χ0v) is 16.5. The van der Waals surface area contributed by atoms with Gasteiger partial charge in [0.1, 0.15) is 23.8 Å². The number of carboxylic acids is 1. The first kappa shape index (κ1) is 19.2. The highest BCUT2D eigenvalue weighted by molar-refractivity contribution is 7.99. The molecule has 2 aromatic carbocycles. The Morgan fingerprint density at radius 3 is 2.93 bits per heavy atom. The van der Waals surface area contributed by atoms with Crippen molar-refractivity contribution in [3.05, 3.63) is 59.5 Å². The van der Waals surface area contributed by atoms with E-state index in [1.165, 1.54) is 11.8 Å². The SMILES string of the molecule is Cc1oc(-c2ccc3c(c2)OCO3)nc1COc1cccc(CSCC(=O)O)c1. The number of hydrogen-bond acceptors (Lipinski definition) is 7. The highest BCUT2D eigenvalue weighted by Crippen LogP contribution is 2.36. The minimum absolute atomic E-state index is 0.0753. The zero-order valence-electron chi connectivity index (χ0n) is 15.7. The molecular weight excluding hydrogens is 394 g/mol. The van der Waals surface area contributed by atoms with Crippen molar-refractivity contribution in [3.63, 3.8) is 0 Å². The fourth-order valence-corrected chi connectivity index (χ4v) is 3.54. The molecule has 1 N–H and O–H groups in total. The summed E-state index contributed by atoms with van der Waals surface area (Å²) in [5, 5.41) is 8.74. The van der Waals surface area contributed by atoms with Gasteiger partial charge in [0.25, 0.3) is 0 Å². The Kier molecular flexibility index (Phi) is 5.62. The van der Waals surface area contributed by atoms with Crippen molar-refractivity contribution in [1.82, 2.24) is 4.98 Å². The lowest BCUT2D eigenvalue weighted by Gasteiger charge is -2.07. The molecule has 1 aliphatic heterocycles. The van der Waals surface area contributed by atoms with Gasteiger partial charge in [0.2, 0.25) is 12.7 Å². The molecule has 1 aromatic heterocycles. The van der Waals surface area contributed by atoms with E-state index < -0.39 is 5.97 Å². The molecule has 29 heavy (non-hydrogen) atoms. The monoisotopic (exact) mass is 413 g/mol. The van der Waals surface area contributed by atoms with Crippen LogP contribution >= 0.6 is 11.8 Å². The second-order valence-corrected chi connectivity index (χ2v) is 7.40. The first-order valence-electron chi connectivity index (χ1n) is 8.96. The summed E-state index contributed by atoms with van der Waals surface area (Å²) in [4.78, 5) is 15.2. The second-order valence-electron chi connectivity index (χ2n) is 6.41. The van der Waals surface area contributed by atoms with Crippen LogP contribution in [-0.2, 0) is 17.2 Å². The molecular formula is C21H19NO6S. The maximum absolute atomic E-state index is 10.6. The summed E-state index contributed by atoms with van der Waals surface area (Å²) >= 11 is 1.35. The lowest BCUT2D eigenvalue weighted by Crippen LogP contribution is -1.99. The number of benzene rings is 2. The van der Waals surface area contributed by atoms with Crippen LogP contribution in [0.25, 0.3) is 11.5 Å². The number of carboxylic acid groups (broad SMARTS) is 1. The average Bonchev–Trinajstić information content (AvgIpc) is 3.32. The Balaban J connectivity index is 1.41. The second kappa shape index (κ2) is 8.48. The molecule has 0 spiro atoms. The van der Waals surface area contributed by atoms with Crippen LogP contribution in [0, 0.1) is 6.92 Å². The van der Waals surface area contributed by atoms with Gasteiger partial charge in [-0.15, -0.1) is 11.8 Å². The summed E-state index contributed by atoms with van der Waals surface area (Å²) in [5.41, 5.74) is 2.52. The van der Waals surface area contributed by atoms with Crippen LogP contribution in [0.2, 0.25) is 0 Å². The third-order valence-electron chi connectivity index (χ3n) is 4.28. The Morgan fingerprint density at radius 2 is 2.07 bits per heavy atom. The van der Waals surface area contributed by atoms with Crippen LogP contribution in [-0.4, -0.2) is 28.6 Å². The number of aryl methyl sites for hydroxylation is 1. The van der Waals surface area contributed by atoms with Crippen molar-refractivity contribution < 1.29 is 28.5 Å². The zero-order chi connectivity index (χ0) is 20.2. The number of fused-ring (bicyclic) bond motifs is 1. The number of hydrogen-bond donors (Lipinski definition) is 1. The highest BCUT2D eigenvalue weighted by Gasteiger charge is 2.17. The van der Waals surface area contributed by atoms with E-state index >= 15 is 0 Å². The van der Waals surface area contributed by atoms with Crippen molar-refractivity contribution in [3.8, 4) is 28.7 Å². The predicted octanol–water partition coefficient (Wildman–Crippen LogP) is 4.28. The summed E-state index contributed by atoms with van der Waals surface area (Å²) in [7, 11) is 0. The van der Waals surface area contributed by atoms with Gasteiger partial charge in [-0.05, 0) is 42.8 Å². The van der Waals surface area contributed by atoms with E-state index in [2.05, 4.69) is 4.98 Å². The van der Waals surface area contributed by atoms with Gasteiger partial charge in [-0.1, -0.05) is 12.1 Å². The Hall–Kier alpha value is -3.13. The van der Waals surface area contributed by atoms with Crippen LogP contribution in [0.3, 0.4) is 0 Å². The largest absolute Gasteiger partial charge is 0.487 e. The summed E-state index contributed by atoms with van der Waals surface area (Å²) in [6.45, 7) is 2.34. The first-order chi connectivity index (χ1) is 14.1. The number of aromatic nitrogens is 1. The fourth-order valence-electron chi connectivity index (χ4n) is 2.85. The summed E-state index contributed by atoms with van der Waals surface area (Å²) in [6, 6.07) is 13.2. The van der Waals surface area contributed by atoms with Crippen LogP contribution in [0.4, 0.5) is 0 Å². The van der Waals surface area contributed by atoms with Crippen LogP contribution in [0.1, 0.15) is 17.0 Å². The highest BCUT2D eigenvalue weighted by atomic mass is 32.2. The van der Waals surface area contributed by atoms with Crippen molar-refractivity contribution >= 4 is 17.7 Å². The van der Waals surface area contributed by atoms with Crippen molar-refractivity contribution in [2.24, 2.45) is 0 Å². The van der Waals surface area contributed by atoms with Crippen LogP contribution in [0.5, 0.6) is 17.2 Å². The Morgan fingerprint density at radius 1 is 1.21 bits per heavy atom. The summed E-state index contributed by atoms with van der Waals surface area (Å²) < 4.78 is 22.4. The molecule has 0 radical (unpaired) electrons. The van der Waals surface area contributed by atoms with E-state index in [0.717, 1.165) is 11.1 Å². The maximum Gasteiger partial charge on any atom is 0.313 e. The molecule has 8 heteroatoms. The standard InChI is InChI=1S/C21H19NO6S/c1-13-17(9-25-16-4-2-3-14(7-16)10-29-11-20(23)24)22-21(28-13)15-5-6-18-19(8-15)27-12-26-18/h2-8H,9-12H2,1H3,(H,23,24). The topological polar surface area (TPSA) is 91.0 Å². The third kappa shape index (κ3) is 4.65. The smallest absolute Gasteiger partial charge is 0.313 e. The maximum atomic E-state index is 10.6. The van der Waals surface area contributed by atoms with Gasteiger partial charge in [-0.25, -0.2) is 4.98 Å². The molecule has 2 heterocycles. The minimum Gasteiger partial charge on any atom is -0.487 e. The van der Waals surface area contributed by atoms with Gasteiger partial charge in [0.05, 0.1) is 5.75 Å². The molecule has 4 rings (SSSR count). The van der Waals surface area contributed by atoms with Gasteiger partial charge in [0.15, 0.2) is 11.5 Å². The van der Waals surface area contributed by atoms with E-state index in [4.69, 9.17) is 23.7 Å². The third-order valence-corrected chi connectivity index (χ3v) is 5.27. The summed E-state index contributed by atoms with van der Waals surface area (Å²) in [6.07, 6.45) is 0. The van der Waals surface area contributed by atoms with E-state index in [-0.39, 0.29) is 19.2 Å². The van der Waals surface area contributed by atoms with Gasteiger partial charge < -0.3 is 23.7 Å². The molecule has 7 nitrogen and oxygen atoms in total. The van der Waals surface area contributed by atoms with Gasteiger partial charge >= 0.3 is 5.97 Å². The number of nitrogens with zero attached hydrogens (tertiary/aromatic N) is 1. The van der Waals surface area contributed by atoms with E-state index in [1.54, 1.807) is 0 Å². The van der Waals surface area contributed by atoms with Crippen LogP contribution < -0.4 is 14.2 Å². The summed E-state index contributed by atoms with van der Waals surface area (Å²) in [5.74, 6) is 3.14. The molecule has 0 saturated heterocycles. The Bertz CT molecular complexity index is 1030. The van der Waals surface area contributed by atoms with Gasteiger partial charge in [-0.3, -0.25) is 4.79 Å². The quantitative estimate of drug-likeness (QED) is 0.585. The minimum atomic E-state index is -0.817. The molecule has 0 aliphatic carbocycles. The number of ether oxygens (including phenoxy) is 3. The van der Waals surface area contributed by atoms with Crippen molar-refractivity contribution in [2.45, 2.75) is 19.3 Å². The van der Waals surface area contributed by atoms with E-state index in [9.17, 15) is 4.79 Å². The number of aliphatic carboxylic acids is 1. The normalized spacial score (nSPS) is 12.2. The van der Waals surface area contributed by atoms with Crippen molar-refractivity contribution in [1.29, 1.82) is 0 Å².